The van der Waals surface area contributed by atoms with E-state index in [1.807, 2.05) is 62.4 Å². The van der Waals surface area contributed by atoms with Crippen LogP contribution < -0.4 is 15.4 Å². The number of para-hydroxylation sites is 2. The van der Waals surface area contributed by atoms with Crippen LogP contribution in [-0.2, 0) is 4.79 Å². The lowest BCUT2D eigenvalue weighted by Gasteiger charge is -2.15. The molecule has 0 aliphatic rings. The van der Waals surface area contributed by atoms with Crippen LogP contribution in [0.1, 0.15) is 20.3 Å². The average molecular weight is 333 g/mol. The maximum Gasteiger partial charge on any atom is 0.226 e. The Kier molecular flexibility index (Phi) is 6.29. The second-order valence-corrected chi connectivity index (χ2v) is 5.83. The fourth-order valence-corrected chi connectivity index (χ4v) is 2.15. The van der Waals surface area contributed by atoms with Gasteiger partial charge in [-0.1, -0.05) is 23.7 Å². The van der Waals surface area contributed by atoms with Crippen LogP contribution in [0.3, 0.4) is 0 Å². The highest BCUT2D eigenvalue weighted by molar-refractivity contribution is 6.30. The summed E-state index contributed by atoms with van der Waals surface area (Å²) >= 11 is 5.83. The Morgan fingerprint density at radius 1 is 1.13 bits per heavy atom. The van der Waals surface area contributed by atoms with Gasteiger partial charge in [0.2, 0.25) is 5.91 Å². The maximum atomic E-state index is 12.1. The number of hydrogen-bond acceptors (Lipinski definition) is 3. The zero-order chi connectivity index (χ0) is 16.7. The Morgan fingerprint density at radius 2 is 1.83 bits per heavy atom. The van der Waals surface area contributed by atoms with Gasteiger partial charge in [0.05, 0.1) is 11.8 Å². The minimum Gasteiger partial charge on any atom is -0.489 e. The number of nitrogens with one attached hydrogen (secondary N) is 2. The number of ether oxygens (including phenoxy) is 1. The summed E-state index contributed by atoms with van der Waals surface area (Å²) < 4.78 is 5.69. The van der Waals surface area contributed by atoms with E-state index in [9.17, 15) is 4.79 Å². The molecule has 0 radical (unpaired) electrons. The molecule has 0 bridgehead atoms. The smallest absolute Gasteiger partial charge is 0.226 e. The lowest BCUT2D eigenvalue weighted by Crippen LogP contribution is -2.17. The predicted molar refractivity (Wildman–Crippen MR) is 95.4 cm³/mol. The molecule has 0 fully saturated rings. The van der Waals surface area contributed by atoms with Crippen molar-refractivity contribution in [1.82, 2.24) is 0 Å². The molecule has 0 aliphatic carbocycles. The first-order valence-corrected chi connectivity index (χ1v) is 7.97. The molecular formula is C18H21ClN2O2. The highest BCUT2D eigenvalue weighted by atomic mass is 35.5. The molecule has 0 spiro atoms. The SMILES string of the molecule is CC(C)Oc1ccccc1NC(=O)CCNc1ccc(Cl)cc1. The van der Waals surface area contributed by atoms with E-state index < -0.39 is 0 Å². The highest BCUT2D eigenvalue weighted by Gasteiger charge is 2.08. The summed E-state index contributed by atoms with van der Waals surface area (Å²) in [7, 11) is 0. The van der Waals surface area contributed by atoms with E-state index in [1.165, 1.54) is 0 Å². The van der Waals surface area contributed by atoms with Crippen molar-refractivity contribution < 1.29 is 9.53 Å². The van der Waals surface area contributed by atoms with Gasteiger partial charge in [0.1, 0.15) is 5.75 Å². The Bertz CT molecular complexity index is 642. The van der Waals surface area contributed by atoms with Crippen molar-refractivity contribution in [3.63, 3.8) is 0 Å². The Hall–Kier alpha value is -2.20. The lowest BCUT2D eigenvalue weighted by molar-refractivity contribution is -0.116. The topological polar surface area (TPSA) is 50.4 Å². The standard InChI is InChI=1S/C18H21ClN2O2/c1-13(2)23-17-6-4-3-5-16(17)21-18(22)11-12-20-15-9-7-14(19)8-10-15/h3-10,13,20H,11-12H2,1-2H3,(H,21,22). The second-order valence-electron chi connectivity index (χ2n) is 5.39. The molecule has 0 saturated heterocycles. The van der Waals surface area contributed by atoms with Crippen LogP contribution in [0.2, 0.25) is 5.02 Å². The first-order valence-electron chi connectivity index (χ1n) is 7.59. The van der Waals surface area contributed by atoms with Crippen LogP contribution in [0.5, 0.6) is 5.75 Å². The van der Waals surface area contributed by atoms with Gasteiger partial charge in [0.25, 0.3) is 0 Å². The van der Waals surface area contributed by atoms with Gasteiger partial charge in [-0.15, -0.1) is 0 Å². The summed E-state index contributed by atoms with van der Waals surface area (Å²) in [5.74, 6) is 0.618. The number of amides is 1. The van der Waals surface area contributed by atoms with Crippen LogP contribution in [-0.4, -0.2) is 18.6 Å². The van der Waals surface area contributed by atoms with Gasteiger partial charge in [-0.25, -0.2) is 0 Å². The largest absolute Gasteiger partial charge is 0.489 e. The molecule has 0 saturated carbocycles. The normalized spacial score (nSPS) is 10.4. The van der Waals surface area contributed by atoms with E-state index in [4.69, 9.17) is 16.3 Å². The fraction of sp³-hybridized carbons (Fsp3) is 0.278. The number of carbonyl (C=O) groups is 1. The molecule has 2 N–H and O–H groups in total. The monoisotopic (exact) mass is 332 g/mol. The number of rotatable bonds is 7. The number of hydrogen-bond donors (Lipinski definition) is 2. The third-order valence-electron chi connectivity index (χ3n) is 3.05. The van der Waals surface area contributed by atoms with Crippen molar-refractivity contribution in [2.24, 2.45) is 0 Å². The summed E-state index contributed by atoms with van der Waals surface area (Å²) in [6.07, 6.45) is 0.415. The third kappa shape index (κ3) is 5.83. The summed E-state index contributed by atoms with van der Waals surface area (Å²) in [4.78, 5) is 12.1. The fourth-order valence-electron chi connectivity index (χ4n) is 2.03. The van der Waals surface area contributed by atoms with Gasteiger partial charge in [-0.2, -0.15) is 0 Å². The van der Waals surface area contributed by atoms with Crippen molar-refractivity contribution in [1.29, 1.82) is 0 Å². The number of halogens is 1. The predicted octanol–water partition coefficient (Wildman–Crippen LogP) is 4.57. The lowest BCUT2D eigenvalue weighted by atomic mass is 10.2. The molecule has 2 aromatic rings. The summed E-state index contributed by atoms with van der Waals surface area (Å²) in [5, 5.41) is 6.76. The van der Waals surface area contributed by atoms with Crippen LogP contribution in [0, 0.1) is 0 Å². The van der Waals surface area contributed by atoms with E-state index in [1.54, 1.807) is 0 Å². The van der Waals surface area contributed by atoms with Gasteiger partial charge in [0.15, 0.2) is 0 Å². The van der Waals surface area contributed by atoms with Gasteiger partial charge in [-0.3, -0.25) is 4.79 Å². The van der Waals surface area contributed by atoms with E-state index in [0.29, 0.717) is 29.4 Å². The van der Waals surface area contributed by atoms with E-state index in [0.717, 1.165) is 5.69 Å². The quantitative estimate of drug-likeness (QED) is 0.781. The molecule has 0 unspecified atom stereocenters. The molecule has 2 aromatic carbocycles. The summed E-state index contributed by atoms with van der Waals surface area (Å²) in [6.45, 7) is 4.45. The van der Waals surface area contributed by atoms with Gasteiger partial charge in [0, 0.05) is 23.7 Å². The van der Waals surface area contributed by atoms with Gasteiger partial charge >= 0.3 is 0 Å². The zero-order valence-corrected chi connectivity index (χ0v) is 14.1. The molecule has 5 heteroatoms. The van der Waals surface area contributed by atoms with Crippen LogP contribution in [0.4, 0.5) is 11.4 Å². The van der Waals surface area contributed by atoms with E-state index >= 15 is 0 Å². The zero-order valence-electron chi connectivity index (χ0n) is 13.3. The Balaban J connectivity index is 1.84. The molecule has 0 atom stereocenters. The van der Waals surface area contributed by atoms with Crippen molar-refractivity contribution >= 4 is 28.9 Å². The molecule has 0 aromatic heterocycles. The van der Waals surface area contributed by atoms with Crippen molar-refractivity contribution in [2.45, 2.75) is 26.4 Å². The van der Waals surface area contributed by atoms with E-state index in [-0.39, 0.29) is 12.0 Å². The first kappa shape index (κ1) is 17.2. The molecule has 0 aliphatic heterocycles. The second kappa shape index (κ2) is 8.44. The molecule has 2 rings (SSSR count). The summed E-state index contributed by atoms with van der Waals surface area (Å²) in [6, 6.07) is 14.8. The average Bonchev–Trinajstić information content (AvgIpc) is 2.51. The molecule has 0 heterocycles. The Labute approximate surface area is 141 Å². The van der Waals surface area contributed by atoms with Crippen LogP contribution in [0.15, 0.2) is 48.5 Å². The Morgan fingerprint density at radius 3 is 2.52 bits per heavy atom. The maximum absolute atomic E-state index is 12.1. The van der Waals surface area contributed by atoms with Crippen molar-refractivity contribution in [3.05, 3.63) is 53.6 Å². The van der Waals surface area contributed by atoms with Gasteiger partial charge in [-0.05, 0) is 50.2 Å². The number of benzene rings is 2. The molecule has 1 amide bonds. The molecule has 4 nitrogen and oxygen atoms in total. The van der Waals surface area contributed by atoms with Crippen molar-refractivity contribution in [2.75, 3.05) is 17.2 Å². The van der Waals surface area contributed by atoms with Gasteiger partial charge < -0.3 is 15.4 Å². The third-order valence-corrected chi connectivity index (χ3v) is 3.30. The number of anilines is 2. The van der Waals surface area contributed by atoms with E-state index in [2.05, 4.69) is 10.6 Å². The molecular weight excluding hydrogens is 312 g/mol. The highest BCUT2D eigenvalue weighted by Crippen LogP contribution is 2.24. The van der Waals surface area contributed by atoms with Crippen LogP contribution in [0.25, 0.3) is 0 Å². The minimum atomic E-state index is -0.0636. The first-order chi connectivity index (χ1) is 11.0. The minimum absolute atomic E-state index is 0.0552. The molecule has 122 valence electrons. The summed E-state index contributed by atoms with van der Waals surface area (Å²) in [5.41, 5.74) is 1.63. The molecule has 23 heavy (non-hydrogen) atoms. The number of carbonyl (C=O) groups excluding carboxylic acids is 1. The van der Waals surface area contributed by atoms with Crippen LogP contribution >= 0.6 is 11.6 Å². The van der Waals surface area contributed by atoms with Crippen molar-refractivity contribution in [3.8, 4) is 5.75 Å².